The molecule has 0 bridgehead atoms. The standard InChI is InChI=1S/C19H21Cl2NO3S/c1-10-4-3-5-14(11(10)2)22-16(23)9-25-19(24)18-17(21)13-7-6-12(20)8-15(13)26-18/h6-8,10-11,14H,3-5,9H2,1-2H3,(H,22,23)/t10-,11-,14-/m1/s1. The smallest absolute Gasteiger partial charge is 0.350 e. The first kappa shape index (κ1) is 19.5. The summed E-state index contributed by atoms with van der Waals surface area (Å²) in [5, 5.41) is 4.65. The van der Waals surface area contributed by atoms with E-state index in [4.69, 9.17) is 27.9 Å². The molecule has 1 fully saturated rings. The molecule has 140 valence electrons. The molecule has 1 aromatic carbocycles. The fraction of sp³-hybridized carbons (Fsp3) is 0.474. The number of amides is 1. The molecule has 3 rings (SSSR count). The Kier molecular flexibility index (Phi) is 6.10. The number of fused-ring (bicyclic) bond motifs is 1. The van der Waals surface area contributed by atoms with Gasteiger partial charge in [0.15, 0.2) is 6.61 Å². The molecule has 3 atom stereocenters. The van der Waals surface area contributed by atoms with Crippen LogP contribution in [0.15, 0.2) is 18.2 Å². The zero-order valence-corrected chi connectivity index (χ0v) is 17.0. The normalized spacial score (nSPS) is 23.0. The largest absolute Gasteiger partial charge is 0.451 e. The van der Waals surface area contributed by atoms with Gasteiger partial charge in [0.1, 0.15) is 4.88 Å². The van der Waals surface area contributed by atoms with Crippen molar-refractivity contribution in [1.29, 1.82) is 0 Å². The third-order valence-electron chi connectivity index (χ3n) is 5.16. The third kappa shape index (κ3) is 4.16. The third-order valence-corrected chi connectivity index (χ3v) is 7.04. The Balaban J connectivity index is 1.60. The molecule has 0 aliphatic heterocycles. The molecule has 1 aromatic heterocycles. The van der Waals surface area contributed by atoms with Gasteiger partial charge in [-0.25, -0.2) is 4.79 Å². The maximum Gasteiger partial charge on any atom is 0.350 e. The number of benzene rings is 1. The molecule has 1 aliphatic carbocycles. The van der Waals surface area contributed by atoms with Crippen molar-refractivity contribution in [2.75, 3.05) is 6.61 Å². The molecule has 7 heteroatoms. The van der Waals surface area contributed by atoms with Gasteiger partial charge in [0.05, 0.1) is 5.02 Å². The molecule has 0 saturated heterocycles. The number of nitrogens with one attached hydrogen (secondary N) is 1. The first-order valence-electron chi connectivity index (χ1n) is 8.71. The van der Waals surface area contributed by atoms with Gasteiger partial charge in [-0.15, -0.1) is 11.3 Å². The zero-order chi connectivity index (χ0) is 18.8. The molecule has 4 nitrogen and oxygen atoms in total. The summed E-state index contributed by atoms with van der Waals surface area (Å²) in [5.41, 5.74) is 0. The highest BCUT2D eigenvalue weighted by molar-refractivity contribution is 7.21. The summed E-state index contributed by atoms with van der Waals surface area (Å²) in [6.07, 6.45) is 3.27. The van der Waals surface area contributed by atoms with E-state index in [-0.39, 0.29) is 23.4 Å². The fourth-order valence-electron chi connectivity index (χ4n) is 3.40. The van der Waals surface area contributed by atoms with Crippen molar-refractivity contribution >= 4 is 56.5 Å². The van der Waals surface area contributed by atoms with E-state index < -0.39 is 5.97 Å². The lowest BCUT2D eigenvalue weighted by Crippen LogP contribution is -2.45. The number of carbonyl (C=O) groups excluding carboxylic acids is 2. The highest BCUT2D eigenvalue weighted by Gasteiger charge is 2.28. The molecular weight excluding hydrogens is 393 g/mol. The van der Waals surface area contributed by atoms with Gasteiger partial charge in [-0.05, 0) is 30.4 Å². The number of halogens is 2. The van der Waals surface area contributed by atoms with Gasteiger partial charge in [-0.1, -0.05) is 56.0 Å². The van der Waals surface area contributed by atoms with Crippen LogP contribution < -0.4 is 5.32 Å². The van der Waals surface area contributed by atoms with Crippen molar-refractivity contribution in [2.45, 2.75) is 39.2 Å². The van der Waals surface area contributed by atoms with E-state index in [0.717, 1.165) is 22.9 Å². The zero-order valence-electron chi connectivity index (χ0n) is 14.7. The summed E-state index contributed by atoms with van der Waals surface area (Å²) in [5.74, 6) is 0.142. The molecule has 1 amide bonds. The van der Waals surface area contributed by atoms with Crippen LogP contribution in [0.1, 0.15) is 42.8 Å². The second kappa shape index (κ2) is 8.15. The summed E-state index contributed by atoms with van der Waals surface area (Å²) in [7, 11) is 0. The van der Waals surface area contributed by atoms with E-state index in [1.807, 2.05) is 0 Å². The number of esters is 1. The van der Waals surface area contributed by atoms with E-state index >= 15 is 0 Å². The van der Waals surface area contributed by atoms with Crippen LogP contribution in [0.3, 0.4) is 0 Å². The number of hydrogen-bond donors (Lipinski definition) is 1. The quantitative estimate of drug-likeness (QED) is 0.691. The number of ether oxygens (including phenoxy) is 1. The maximum absolute atomic E-state index is 12.3. The van der Waals surface area contributed by atoms with Crippen molar-refractivity contribution < 1.29 is 14.3 Å². The van der Waals surface area contributed by atoms with Crippen molar-refractivity contribution in [3.63, 3.8) is 0 Å². The average Bonchev–Trinajstić information content (AvgIpc) is 2.93. The van der Waals surface area contributed by atoms with Crippen LogP contribution in [0.5, 0.6) is 0 Å². The van der Waals surface area contributed by atoms with Crippen molar-refractivity contribution in [2.24, 2.45) is 11.8 Å². The summed E-state index contributed by atoms with van der Waals surface area (Å²) < 4.78 is 5.99. The Hall–Kier alpha value is -1.30. The number of thiophene rings is 1. The highest BCUT2D eigenvalue weighted by atomic mass is 35.5. The first-order chi connectivity index (χ1) is 12.4. The summed E-state index contributed by atoms with van der Waals surface area (Å²) in [6, 6.07) is 5.38. The van der Waals surface area contributed by atoms with Crippen LogP contribution in [0.4, 0.5) is 0 Å². The molecular formula is C19H21Cl2NO3S. The van der Waals surface area contributed by atoms with E-state index in [1.165, 1.54) is 17.8 Å². The lowest BCUT2D eigenvalue weighted by molar-refractivity contribution is -0.125. The number of hydrogen-bond acceptors (Lipinski definition) is 4. The van der Waals surface area contributed by atoms with Crippen molar-refractivity contribution in [3.8, 4) is 0 Å². The van der Waals surface area contributed by atoms with Crippen molar-refractivity contribution in [1.82, 2.24) is 5.32 Å². The van der Waals surface area contributed by atoms with Gasteiger partial charge in [0, 0.05) is 21.2 Å². The van der Waals surface area contributed by atoms with Gasteiger partial charge in [-0.2, -0.15) is 0 Å². The van der Waals surface area contributed by atoms with Crippen LogP contribution in [0.25, 0.3) is 10.1 Å². The first-order valence-corrected chi connectivity index (χ1v) is 10.3. The molecule has 0 radical (unpaired) electrons. The van der Waals surface area contributed by atoms with E-state index in [0.29, 0.717) is 21.9 Å². The minimum absolute atomic E-state index is 0.139. The van der Waals surface area contributed by atoms with Gasteiger partial charge in [0.2, 0.25) is 0 Å². The molecule has 1 heterocycles. The molecule has 1 aliphatic rings. The monoisotopic (exact) mass is 413 g/mol. The molecule has 1 N–H and O–H groups in total. The number of rotatable bonds is 4. The molecule has 0 unspecified atom stereocenters. The van der Waals surface area contributed by atoms with Crippen LogP contribution in [-0.4, -0.2) is 24.5 Å². The topological polar surface area (TPSA) is 55.4 Å². The van der Waals surface area contributed by atoms with E-state index in [9.17, 15) is 9.59 Å². The summed E-state index contributed by atoms with van der Waals surface area (Å²) in [4.78, 5) is 24.8. The SMILES string of the molecule is C[C@@H]1[C@H](C)CCC[C@H]1NC(=O)COC(=O)c1sc2cc(Cl)ccc2c1Cl. The van der Waals surface area contributed by atoms with E-state index in [2.05, 4.69) is 19.2 Å². The Morgan fingerprint density at radius 2 is 2.04 bits per heavy atom. The predicted molar refractivity (Wildman–Crippen MR) is 106 cm³/mol. The number of carbonyl (C=O) groups is 2. The lowest BCUT2D eigenvalue weighted by atomic mass is 9.78. The van der Waals surface area contributed by atoms with Crippen LogP contribution >= 0.6 is 34.5 Å². The Morgan fingerprint density at radius 3 is 2.81 bits per heavy atom. The van der Waals surface area contributed by atoms with Gasteiger partial charge >= 0.3 is 5.97 Å². The molecule has 0 spiro atoms. The minimum atomic E-state index is -0.590. The van der Waals surface area contributed by atoms with Gasteiger partial charge < -0.3 is 10.1 Å². The highest BCUT2D eigenvalue weighted by Crippen LogP contribution is 2.37. The second-order valence-corrected chi connectivity index (χ2v) is 8.77. The molecule has 1 saturated carbocycles. The lowest BCUT2D eigenvalue weighted by Gasteiger charge is -2.34. The van der Waals surface area contributed by atoms with Gasteiger partial charge in [-0.3, -0.25) is 4.79 Å². The fourth-order valence-corrected chi connectivity index (χ4v) is 5.08. The van der Waals surface area contributed by atoms with Crippen molar-refractivity contribution in [3.05, 3.63) is 33.1 Å². The van der Waals surface area contributed by atoms with Crippen LogP contribution in [-0.2, 0) is 9.53 Å². The Labute approximate surface area is 166 Å². The molecule has 2 aromatic rings. The summed E-state index contributed by atoms with van der Waals surface area (Å²) in [6.45, 7) is 4.06. The Morgan fingerprint density at radius 1 is 1.27 bits per heavy atom. The predicted octanol–water partition coefficient (Wildman–Crippen LogP) is 5.31. The summed E-state index contributed by atoms with van der Waals surface area (Å²) >= 11 is 13.5. The minimum Gasteiger partial charge on any atom is -0.451 e. The molecule has 26 heavy (non-hydrogen) atoms. The maximum atomic E-state index is 12.3. The average molecular weight is 414 g/mol. The van der Waals surface area contributed by atoms with Crippen LogP contribution in [0.2, 0.25) is 10.0 Å². The van der Waals surface area contributed by atoms with Gasteiger partial charge in [0.25, 0.3) is 5.91 Å². The van der Waals surface area contributed by atoms with E-state index in [1.54, 1.807) is 18.2 Å². The van der Waals surface area contributed by atoms with Crippen LogP contribution in [0, 0.1) is 11.8 Å². The second-order valence-electron chi connectivity index (χ2n) is 6.90. The Bertz CT molecular complexity index is 836.